The molecule has 0 spiro atoms. The molecule has 0 radical (unpaired) electrons. The highest BCUT2D eigenvalue weighted by Gasteiger charge is 2.46. The van der Waals surface area contributed by atoms with Crippen molar-refractivity contribution < 1.29 is 24.1 Å². The Labute approximate surface area is 219 Å². The fourth-order valence-electron chi connectivity index (χ4n) is 4.22. The van der Waals surface area contributed by atoms with Crippen LogP contribution in [0.1, 0.15) is 28.9 Å². The first-order valence-corrected chi connectivity index (χ1v) is 13.2. The second kappa shape index (κ2) is 15.0. The Morgan fingerprint density at radius 3 is 2.31 bits per heavy atom. The topological polar surface area (TPSA) is 70.0 Å². The van der Waals surface area contributed by atoms with Crippen LogP contribution in [0.5, 0.6) is 5.75 Å². The van der Waals surface area contributed by atoms with Crippen molar-refractivity contribution in [2.45, 2.75) is 42.2 Å². The van der Waals surface area contributed by atoms with E-state index in [1.807, 2.05) is 31.5 Å². The number of aliphatic hydroxyl groups excluding tert-OH is 1. The van der Waals surface area contributed by atoms with Gasteiger partial charge in [0.25, 0.3) is 0 Å². The number of pyridine rings is 1. The minimum absolute atomic E-state index is 0.108. The van der Waals surface area contributed by atoms with Crippen molar-refractivity contribution in [1.29, 1.82) is 0 Å². The molecule has 3 rings (SSSR count). The molecule has 7 heteroatoms. The zero-order valence-electron chi connectivity index (χ0n) is 21.0. The highest BCUT2D eigenvalue weighted by molar-refractivity contribution is 8.00. The van der Waals surface area contributed by atoms with Gasteiger partial charge in [-0.3, -0.25) is 4.98 Å². The van der Waals surface area contributed by atoms with Crippen LogP contribution in [0.3, 0.4) is 0 Å². The third-order valence-electron chi connectivity index (χ3n) is 5.78. The average molecular weight is 512 g/mol. The normalized spacial score (nSPS) is 23.7. The van der Waals surface area contributed by atoms with Gasteiger partial charge >= 0.3 is 0 Å². The van der Waals surface area contributed by atoms with Gasteiger partial charge in [-0.1, -0.05) is 36.4 Å². The second-order valence-electron chi connectivity index (χ2n) is 8.47. The molecule has 5 atom stereocenters. The quantitative estimate of drug-likeness (QED) is 0.268. The van der Waals surface area contributed by atoms with Crippen LogP contribution in [0.25, 0.3) is 0 Å². The molecule has 0 aliphatic carbocycles. The molecule has 2 aromatic rings. The summed E-state index contributed by atoms with van der Waals surface area (Å²) < 4.78 is 23.4. The Morgan fingerprint density at radius 1 is 0.944 bits per heavy atom. The molecule has 2 heterocycles. The summed E-state index contributed by atoms with van der Waals surface area (Å²) in [6.07, 6.45) is 7.72. The summed E-state index contributed by atoms with van der Waals surface area (Å²) >= 11 is 1.68. The highest BCUT2D eigenvalue weighted by Crippen LogP contribution is 2.45. The smallest absolute Gasteiger partial charge is 0.119 e. The summed E-state index contributed by atoms with van der Waals surface area (Å²) in [5.41, 5.74) is 3.24. The SMILES string of the molecule is C=CCOC[C@H]1S[C@@H](c2cncc(Cc3ccc(OCC)cc3)c2)[C@H](OCC=C)[C@@H](O)[C@@H]1OCC=C. The predicted molar refractivity (Wildman–Crippen MR) is 146 cm³/mol. The molecule has 0 unspecified atom stereocenters. The van der Waals surface area contributed by atoms with E-state index in [2.05, 4.69) is 42.9 Å². The van der Waals surface area contributed by atoms with Gasteiger partial charge in [0, 0.05) is 12.4 Å². The number of hydrogen-bond donors (Lipinski definition) is 1. The molecule has 6 nitrogen and oxygen atoms in total. The Kier molecular flexibility index (Phi) is 11.7. The van der Waals surface area contributed by atoms with E-state index in [9.17, 15) is 5.11 Å². The molecule has 1 aromatic carbocycles. The fourth-order valence-corrected chi connectivity index (χ4v) is 5.84. The van der Waals surface area contributed by atoms with Crippen molar-refractivity contribution in [2.24, 2.45) is 0 Å². The summed E-state index contributed by atoms with van der Waals surface area (Å²) in [5, 5.41) is 11.1. The number of hydrogen-bond acceptors (Lipinski definition) is 7. The predicted octanol–water partition coefficient (Wildman–Crippen LogP) is 4.93. The first-order chi connectivity index (χ1) is 17.6. The molecule has 0 saturated carbocycles. The molecule has 194 valence electrons. The molecule has 1 aliphatic heterocycles. The van der Waals surface area contributed by atoms with E-state index in [-0.39, 0.29) is 10.5 Å². The van der Waals surface area contributed by atoms with E-state index in [0.717, 1.165) is 23.3 Å². The first-order valence-electron chi connectivity index (χ1n) is 12.2. The number of aromatic nitrogens is 1. The van der Waals surface area contributed by atoms with Crippen LogP contribution in [0.2, 0.25) is 0 Å². The maximum Gasteiger partial charge on any atom is 0.119 e. The molecule has 1 aliphatic rings. The van der Waals surface area contributed by atoms with E-state index in [1.165, 1.54) is 5.56 Å². The van der Waals surface area contributed by atoms with E-state index in [0.29, 0.717) is 33.0 Å². The van der Waals surface area contributed by atoms with Crippen molar-refractivity contribution >= 4 is 11.8 Å². The van der Waals surface area contributed by atoms with Crippen molar-refractivity contribution in [1.82, 2.24) is 4.98 Å². The zero-order valence-corrected chi connectivity index (χ0v) is 21.8. The average Bonchev–Trinajstić information content (AvgIpc) is 2.89. The van der Waals surface area contributed by atoms with E-state index >= 15 is 0 Å². The van der Waals surface area contributed by atoms with Crippen LogP contribution in [0.4, 0.5) is 0 Å². The lowest BCUT2D eigenvalue weighted by molar-refractivity contribution is -0.113. The largest absolute Gasteiger partial charge is 0.494 e. The molecule has 1 fully saturated rings. The molecule has 1 saturated heterocycles. The molecule has 0 amide bonds. The van der Waals surface area contributed by atoms with Crippen LogP contribution in [-0.4, -0.2) is 66.7 Å². The molecular formula is C29H37NO5S. The van der Waals surface area contributed by atoms with Crippen LogP contribution in [-0.2, 0) is 20.6 Å². The standard InChI is InChI=1S/C29H37NO5S/c1-5-13-32-20-25-27(34-14-6-2)26(31)28(35-15-7-3)29(36-25)23-17-22(18-30-19-23)16-21-9-11-24(12-10-21)33-8-4/h5-7,9-12,17-19,25-29,31H,1-3,8,13-16,20H2,4H3/t25-,26+,27-,28-,29+/m1/s1. The molecule has 1 aromatic heterocycles. The van der Waals surface area contributed by atoms with Gasteiger partial charge < -0.3 is 24.1 Å². The Balaban J connectivity index is 1.85. The Bertz CT molecular complexity index is 964. The number of thioether (sulfide) groups is 1. The third-order valence-corrected chi connectivity index (χ3v) is 7.37. The maximum atomic E-state index is 11.4. The van der Waals surface area contributed by atoms with Gasteiger partial charge in [-0.15, -0.1) is 31.5 Å². The van der Waals surface area contributed by atoms with E-state index < -0.39 is 18.3 Å². The summed E-state index contributed by atoms with van der Waals surface area (Å²) in [6.45, 7) is 15.4. The molecular weight excluding hydrogens is 474 g/mol. The van der Waals surface area contributed by atoms with Gasteiger partial charge in [0.2, 0.25) is 0 Å². The van der Waals surface area contributed by atoms with Gasteiger partial charge in [0.05, 0.1) is 43.5 Å². The second-order valence-corrected chi connectivity index (χ2v) is 9.85. The number of aliphatic hydroxyl groups is 1. The van der Waals surface area contributed by atoms with E-state index in [4.69, 9.17) is 18.9 Å². The maximum absolute atomic E-state index is 11.4. The molecule has 1 N–H and O–H groups in total. The van der Waals surface area contributed by atoms with Gasteiger partial charge in [-0.2, -0.15) is 0 Å². The lowest BCUT2D eigenvalue weighted by Gasteiger charge is -2.44. The van der Waals surface area contributed by atoms with E-state index in [1.54, 1.807) is 30.0 Å². The lowest BCUT2D eigenvalue weighted by Crippen LogP contribution is -2.53. The summed E-state index contributed by atoms with van der Waals surface area (Å²) in [6, 6.07) is 10.3. The Hall–Kier alpha value is -2.42. The third kappa shape index (κ3) is 7.79. The first kappa shape index (κ1) is 28.2. The number of rotatable bonds is 15. The van der Waals surface area contributed by atoms with Gasteiger partial charge in [0.1, 0.15) is 24.1 Å². The van der Waals surface area contributed by atoms with Crippen LogP contribution >= 0.6 is 11.8 Å². The van der Waals surface area contributed by atoms with Gasteiger partial charge in [-0.05, 0) is 42.2 Å². The summed E-state index contributed by atoms with van der Waals surface area (Å²) in [5.74, 6) is 0.862. The van der Waals surface area contributed by atoms with Crippen molar-refractivity contribution in [3.8, 4) is 5.75 Å². The van der Waals surface area contributed by atoms with Gasteiger partial charge in [0.15, 0.2) is 0 Å². The molecule has 0 bridgehead atoms. The minimum atomic E-state index is -0.858. The lowest BCUT2D eigenvalue weighted by atomic mass is 9.96. The minimum Gasteiger partial charge on any atom is -0.494 e. The summed E-state index contributed by atoms with van der Waals surface area (Å²) in [4.78, 5) is 4.53. The molecule has 36 heavy (non-hydrogen) atoms. The van der Waals surface area contributed by atoms with Crippen LogP contribution < -0.4 is 4.74 Å². The van der Waals surface area contributed by atoms with Crippen LogP contribution in [0.15, 0.2) is 80.7 Å². The van der Waals surface area contributed by atoms with Crippen molar-refractivity contribution in [3.05, 3.63) is 97.4 Å². The number of ether oxygens (including phenoxy) is 4. The zero-order chi connectivity index (χ0) is 25.8. The fraction of sp³-hybridized carbons (Fsp3) is 0.414. The summed E-state index contributed by atoms with van der Waals surface area (Å²) in [7, 11) is 0. The monoisotopic (exact) mass is 511 g/mol. The van der Waals surface area contributed by atoms with Crippen LogP contribution in [0, 0.1) is 0 Å². The Morgan fingerprint density at radius 2 is 1.64 bits per heavy atom. The number of nitrogens with zero attached hydrogens (tertiary/aromatic N) is 1. The number of benzene rings is 1. The van der Waals surface area contributed by atoms with Crippen molar-refractivity contribution in [3.63, 3.8) is 0 Å². The van der Waals surface area contributed by atoms with Crippen molar-refractivity contribution in [2.75, 3.05) is 33.0 Å². The van der Waals surface area contributed by atoms with Gasteiger partial charge in [-0.25, -0.2) is 0 Å². The highest BCUT2D eigenvalue weighted by atomic mass is 32.2.